The lowest BCUT2D eigenvalue weighted by Crippen LogP contribution is -2.63. The van der Waals surface area contributed by atoms with Crippen LogP contribution in [-0.2, 0) is 28.8 Å². The molecule has 0 fully saturated rings. The van der Waals surface area contributed by atoms with Crippen LogP contribution in [0.1, 0.15) is 0 Å². The molecule has 0 N–H and O–H groups in total. The van der Waals surface area contributed by atoms with E-state index in [1.54, 1.807) is 34.2 Å². The van der Waals surface area contributed by atoms with Gasteiger partial charge in [0.1, 0.15) is 0 Å². The zero-order chi connectivity index (χ0) is 31.2. The second kappa shape index (κ2) is 13.9. The fraction of sp³-hybridized carbons (Fsp3) is 0.500. The van der Waals surface area contributed by atoms with Crippen molar-refractivity contribution >= 4 is 68.0 Å². The van der Waals surface area contributed by atoms with Crippen LogP contribution >= 0.6 is 0 Å². The minimum Gasteiger partial charge on any atom is -0.434 e. The van der Waals surface area contributed by atoms with E-state index in [9.17, 15) is 0 Å². The van der Waals surface area contributed by atoms with E-state index in [4.69, 9.17) is 28.8 Å². The first-order chi connectivity index (χ1) is 17.3. The minimum absolute atomic E-state index is 1.74. The van der Waals surface area contributed by atoms with Crippen molar-refractivity contribution in [1.82, 2.24) is 0 Å². The summed E-state index contributed by atoms with van der Waals surface area (Å²) in [5, 5.41) is 0. The Kier molecular flexibility index (Phi) is 13.9. The van der Waals surface area contributed by atoms with E-state index in [0.717, 1.165) is 0 Å². The highest BCUT2D eigenvalue weighted by atomic mass is 28.5. The molecule has 0 saturated carbocycles. The van der Waals surface area contributed by atoms with Crippen LogP contribution in [0.3, 0.4) is 0 Å². The Balaban J connectivity index is 6.18. The Morgan fingerprint density at radius 2 is 0.410 bits per heavy atom. The standard InChI is InChI=1S/C24H54O7Si8/c1-19-34(13,25-32(7,8)9)27-36(15,21-3)29-38(17,23-5)31-39(18,24-6)30-37(16,22-4)28-35(14,20-2)26-33(10,11)12/h19-24H,1-6H2,7-18H3. The van der Waals surface area contributed by atoms with Crippen molar-refractivity contribution in [3.63, 3.8) is 0 Å². The molecule has 0 aromatic rings. The quantitative estimate of drug-likeness (QED) is 0.123. The second-order valence-corrected chi connectivity index (χ2v) is 41.1. The van der Waals surface area contributed by atoms with Gasteiger partial charge in [-0.2, -0.15) is 0 Å². The lowest BCUT2D eigenvalue weighted by molar-refractivity contribution is 0.277. The first-order valence-corrected chi connectivity index (χ1v) is 34.2. The number of hydrogen-bond donors (Lipinski definition) is 0. The van der Waals surface area contributed by atoms with E-state index < -0.39 is 68.0 Å². The van der Waals surface area contributed by atoms with Gasteiger partial charge >= 0.3 is 51.4 Å². The summed E-state index contributed by atoms with van der Waals surface area (Å²) < 4.78 is 46.3. The zero-order valence-corrected chi connectivity index (χ0v) is 34.6. The Labute approximate surface area is 248 Å². The van der Waals surface area contributed by atoms with Crippen LogP contribution in [-0.4, -0.2) is 68.0 Å². The smallest absolute Gasteiger partial charge is 0.344 e. The molecule has 0 rings (SSSR count). The Bertz CT molecular complexity index is 853. The van der Waals surface area contributed by atoms with Crippen molar-refractivity contribution in [2.24, 2.45) is 0 Å². The van der Waals surface area contributed by atoms with Crippen LogP contribution in [0, 0.1) is 0 Å². The Morgan fingerprint density at radius 1 is 0.282 bits per heavy atom. The molecule has 0 saturated heterocycles. The Hall–Kier alpha value is -0.105. The largest absolute Gasteiger partial charge is 0.434 e. The molecule has 0 aliphatic rings. The summed E-state index contributed by atoms with van der Waals surface area (Å²) in [6, 6.07) is 0. The third-order valence-corrected chi connectivity index (χ3v) is 34.1. The summed E-state index contributed by atoms with van der Waals surface area (Å²) in [6.45, 7) is 48.6. The van der Waals surface area contributed by atoms with Gasteiger partial charge in [-0.15, -0.1) is 39.5 Å². The van der Waals surface area contributed by atoms with Gasteiger partial charge in [0.2, 0.25) is 0 Å². The average Bonchev–Trinajstić information content (AvgIpc) is 2.76. The molecule has 39 heavy (non-hydrogen) atoms. The maximum atomic E-state index is 6.74. The maximum Gasteiger partial charge on any atom is 0.344 e. The van der Waals surface area contributed by atoms with E-state index in [1.807, 2.05) is 39.3 Å². The molecule has 15 heteroatoms. The molecule has 6 unspecified atom stereocenters. The van der Waals surface area contributed by atoms with Crippen molar-refractivity contribution in [3.8, 4) is 0 Å². The van der Waals surface area contributed by atoms with Gasteiger partial charge < -0.3 is 28.8 Å². The lowest BCUT2D eigenvalue weighted by atomic mass is 11.3. The predicted molar refractivity (Wildman–Crippen MR) is 185 cm³/mol. The van der Waals surface area contributed by atoms with Gasteiger partial charge in [0.05, 0.1) is 0 Å². The summed E-state index contributed by atoms with van der Waals surface area (Å²) in [7, 11) is -21.5. The lowest BCUT2D eigenvalue weighted by Gasteiger charge is -2.44. The minimum atomic E-state index is -3.09. The van der Waals surface area contributed by atoms with Gasteiger partial charge in [0.25, 0.3) is 0 Å². The molecular formula is C24H54O7Si8. The summed E-state index contributed by atoms with van der Waals surface area (Å²) in [6.07, 6.45) is 0. The van der Waals surface area contributed by atoms with Gasteiger partial charge in [0.15, 0.2) is 16.6 Å². The van der Waals surface area contributed by atoms with E-state index in [0.29, 0.717) is 0 Å². The molecule has 7 nitrogen and oxygen atoms in total. The maximum absolute atomic E-state index is 6.74. The molecule has 0 aromatic heterocycles. The highest BCUT2D eigenvalue weighted by molar-refractivity contribution is 6.97. The van der Waals surface area contributed by atoms with Crippen molar-refractivity contribution in [2.45, 2.75) is 78.6 Å². The highest BCUT2D eigenvalue weighted by Gasteiger charge is 2.52. The normalized spacial score (nSPS) is 21.8. The van der Waals surface area contributed by atoms with E-state index in [2.05, 4.69) is 78.8 Å². The molecule has 0 radical (unpaired) electrons. The van der Waals surface area contributed by atoms with E-state index in [-0.39, 0.29) is 0 Å². The van der Waals surface area contributed by atoms with Gasteiger partial charge in [-0.05, 0) is 78.6 Å². The molecular weight excluding hydrogens is 625 g/mol. The molecule has 224 valence electrons. The Morgan fingerprint density at radius 3 is 0.513 bits per heavy atom. The van der Waals surface area contributed by atoms with Gasteiger partial charge in [0, 0.05) is 0 Å². The SMILES string of the molecule is C=C[Si](C)(O[Si](C)(C)C)O[Si](C)(C=C)O[Si](C)(C=C)O[Si](C)(C=C)O[Si](C)(C=C)O[Si](C)(C=C)O[Si](C)(C)C. The third kappa shape index (κ3) is 13.6. The van der Waals surface area contributed by atoms with Crippen molar-refractivity contribution in [2.75, 3.05) is 0 Å². The van der Waals surface area contributed by atoms with Crippen LogP contribution in [0.5, 0.6) is 0 Å². The monoisotopic (exact) mass is 678 g/mol. The molecule has 6 atom stereocenters. The fourth-order valence-electron chi connectivity index (χ4n) is 3.85. The van der Waals surface area contributed by atoms with Crippen LogP contribution in [0.2, 0.25) is 78.6 Å². The van der Waals surface area contributed by atoms with Crippen LogP contribution in [0.15, 0.2) is 73.7 Å². The molecule has 0 amide bonds. The van der Waals surface area contributed by atoms with E-state index in [1.165, 1.54) is 0 Å². The average molecular weight is 679 g/mol. The second-order valence-electron chi connectivity index (χ2n) is 12.3. The first kappa shape index (κ1) is 38.9. The molecule has 0 aliphatic heterocycles. The number of rotatable bonds is 20. The van der Waals surface area contributed by atoms with E-state index >= 15 is 0 Å². The van der Waals surface area contributed by atoms with Crippen LogP contribution in [0.25, 0.3) is 0 Å². The highest BCUT2D eigenvalue weighted by Crippen LogP contribution is 2.31. The molecule has 0 aliphatic carbocycles. The van der Waals surface area contributed by atoms with Gasteiger partial charge in [-0.25, -0.2) is 0 Å². The van der Waals surface area contributed by atoms with Crippen LogP contribution < -0.4 is 0 Å². The van der Waals surface area contributed by atoms with Crippen LogP contribution in [0.4, 0.5) is 0 Å². The molecule has 0 spiro atoms. The van der Waals surface area contributed by atoms with Crippen molar-refractivity contribution in [1.29, 1.82) is 0 Å². The van der Waals surface area contributed by atoms with Gasteiger partial charge in [-0.3, -0.25) is 0 Å². The topological polar surface area (TPSA) is 64.6 Å². The fourth-order valence-corrected chi connectivity index (χ4v) is 36.9. The summed E-state index contributed by atoms with van der Waals surface area (Å²) in [5.74, 6) is 0. The predicted octanol–water partition coefficient (Wildman–Crippen LogP) is 7.56. The summed E-state index contributed by atoms with van der Waals surface area (Å²) >= 11 is 0. The zero-order valence-electron chi connectivity index (χ0n) is 26.6. The number of hydrogen-bond acceptors (Lipinski definition) is 7. The molecule has 0 aromatic carbocycles. The summed E-state index contributed by atoms with van der Waals surface area (Å²) in [4.78, 5) is 0. The van der Waals surface area contributed by atoms with Gasteiger partial charge in [-0.1, -0.05) is 34.2 Å². The molecule has 0 bridgehead atoms. The third-order valence-electron chi connectivity index (χ3n) is 5.27. The molecule has 0 heterocycles. The first-order valence-electron chi connectivity index (χ1n) is 13.0. The summed E-state index contributed by atoms with van der Waals surface area (Å²) in [5.41, 5.74) is 10.6. The van der Waals surface area contributed by atoms with Crippen molar-refractivity contribution in [3.05, 3.63) is 73.7 Å². The van der Waals surface area contributed by atoms with Crippen molar-refractivity contribution < 1.29 is 28.8 Å².